The summed E-state index contributed by atoms with van der Waals surface area (Å²) in [5, 5.41) is 3.78. The minimum absolute atomic E-state index is 0.672. The van der Waals surface area contributed by atoms with E-state index in [0.29, 0.717) is 10.8 Å². The molecular weight excluding hydrogens is 246 g/mol. The zero-order valence-electron chi connectivity index (χ0n) is 10.8. The molecule has 3 nitrogen and oxygen atoms in total. The van der Waals surface area contributed by atoms with Gasteiger partial charge in [0, 0.05) is 23.9 Å². The third kappa shape index (κ3) is 2.31. The van der Waals surface area contributed by atoms with Crippen LogP contribution in [-0.2, 0) is 6.42 Å². The maximum atomic E-state index is 6.19. The molecule has 1 aromatic carbocycles. The number of halogens is 1. The molecule has 0 aliphatic heterocycles. The quantitative estimate of drug-likeness (QED) is 0.915. The number of aromatic nitrogens is 2. The van der Waals surface area contributed by atoms with Gasteiger partial charge in [-0.1, -0.05) is 30.7 Å². The minimum Gasteiger partial charge on any atom is -0.373 e. The van der Waals surface area contributed by atoms with Crippen LogP contribution in [0, 0.1) is 6.92 Å². The van der Waals surface area contributed by atoms with Gasteiger partial charge in [0.15, 0.2) is 5.82 Å². The van der Waals surface area contributed by atoms with Crippen molar-refractivity contribution in [3.8, 4) is 11.4 Å². The van der Waals surface area contributed by atoms with E-state index >= 15 is 0 Å². The van der Waals surface area contributed by atoms with E-state index in [2.05, 4.69) is 22.2 Å². The first-order valence-corrected chi connectivity index (χ1v) is 6.35. The molecule has 2 rings (SSSR count). The summed E-state index contributed by atoms with van der Waals surface area (Å²) in [6.07, 6.45) is 0.875. The van der Waals surface area contributed by atoms with Gasteiger partial charge in [-0.2, -0.15) is 0 Å². The molecular formula is C14H16ClN3. The Balaban J connectivity index is 2.62. The van der Waals surface area contributed by atoms with Crippen LogP contribution >= 0.6 is 11.6 Å². The van der Waals surface area contributed by atoms with Crippen LogP contribution in [0.2, 0.25) is 5.02 Å². The SMILES string of the molecule is CCc1nc(-c2ccccc2Cl)nc(NC)c1C. The summed E-state index contributed by atoms with van der Waals surface area (Å²) < 4.78 is 0. The van der Waals surface area contributed by atoms with E-state index in [-0.39, 0.29) is 0 Å². The number of benzene rings is 1. The third-order valence-corrected chi connectivity index (χ3v) is 3.26. The van der Waals surface area contributed by atoms with E-state index in [1.54, 1.807) is 0 Å². The summed E-state index contributed by atoms with van der Waals surface area (Å²) in [6, 6.07) is 7.63. The molecule has 0 unspecified atom stereocenters. The van der Waals surface area contributed by atoms with E-state index in [1.165, 1.54) is 0 Å². The van der Waals surface area contributed by atoms with Gasteiger partial charge in [0.1, 0.15) is 5.82 Å². The average Bonchev–Trinajstić information content (AvgIpc) is 2.40. The summed E-state index contributed by atoms with van der Waals surface area (Å²) >= 11 is 6.19. The van der Waals surface area contributed by atoms with E-state index < -0.39 is 0 Å². The summed E-state index contributed by atoms with van der Waals surface area (Å²) in [4.78, 5) is 9.12. The van der Waals surface area contributed by atoms with Crippen LogP contribution in [0.4, 0.5) is 5.82 Å². The van der Waals surface area contributed by atoms with Crippen LogP contribution in [0.5, 0.6) is 0 Å². The number of hydrogen-bond acceptors (Lipinski definition) is 3. The van der Waals surface area contributed by atoms with Crippen molar-refractivity contribution >= 4 is 17.4 Å². The predicted octanol–water partition coefficient (Wildman–Crippen LogP) is 3.71. The van der Waals surface area contributed by atoms with Crippen LogP contribution in [0.25, 0.3) is 11.4 Å². The number of aryl methyl sites for hydroxylation is 1. The zero-order chi connectivity index (χ0) is 13.1. The molecule has 18 heavy (non-hydrogen) atoms. The number of nitrogens with one attached hydrogen (secondary N) is 1. The Morgan fingerprint density at radius 1 is 1.22 bits per heavy atom. The maximum absolute atomic E-state index is 6.19. The fourth-order valence-electron chi connectivity index (χ4n) is 1.91. The topological polar surface area (TPSA) is 37.8 Å². The minimum atomic E-state index is 0.672. The van der Waals surface area contributed by atoms with Crippen LogP contribution in [0.15, 0.2) is 24.3 Å². The molecule has 0 amide bonds. The van der Waals surface area contributed by atoms with E-state index in [0.717, 1.165) is 29.1 Å². The highest BCUT2D eigenvalue weighted by Crippen LogP contribution is 2.27. The highest BCUT2D eigenvalue weighted by atomic mass is 35.5. The molecule has 94 valence electrons. The number of hydrogen-bond donors (Lipinski definition) is 1. The third-order valence-electron chi connectivity index (χ3n) is 2.93. The molecule has 1 N–H and O–H groups in total. The first-order chi connectivity index (χ1) is 8.67. The molecule has 0 saturated heterocycles. The Morgan fingerprint density at radius 2 is 1.94 bits per heavy atom. The zero-order valence-corrected chi connectivity index (χ0v) is 11.5. The lowest BCUT2D eigenvalue weighted by molar-refractivity contribution is 0.977. The van der Waals surface area contributed by atoms with Crippen molar-refractivity contribution in [1.29, 1.82) is 0 Å². The smallest absolute Gasteiger partial charge is 0.163 e. The summed E-state index contributed by atoms with van der Waals surface area (Å²) in [5.41, 5.74) is 3.01. The highest BCUT2D eigenvalue weighted by Gasteiger charge is 2.12. The highest BCUT2D eigenvalue weighted by molar-refractivity contribution is 6.33. The van der Waals surface area contributed by atoms with Gasteiger partial charge >= 0.3 is 0 Å². The van der Waals surface area contributed by atoms with Crippen LogP contribution in [-0.4, -0.2) is 17.0 Å². The standard InChI is InChI=1S/C14H16ClN3/c1-4-12-9(2)13(16-3)18-14(17-12)10-7-5-6-8-11(10)15/h5-8H,4H2,1-3H3,(H,16,17,18). The van der Waals surface area contributed by atoms with Gasteiger partial charge < -0.3 is 5.32 Å². The first-order valence-electron chi connectivity index (χ1n) is 5.97. The molecule has 1 aromatic heterocycles. The molecule has 0 atom stereocenters. The van der Waals surface area contributed by atoms with Crippen molar-refractivity contribution in [3.05, 3.63) is 40.5 Å². The largest absolute Gasteiger partial charge is 0.373 e. The monoisotopic (exact) mass is 261 g/mol. The molecule has 0 radical (unpaired) electrons. The molecule has 0 saturated carbocycles. The van der Waals surface area contributed by atoms with Gasteiger partial charge in [-0.25, -0.2) is 9.97 Å². The molecule has 0 spiro atoms. The lowest BCUT2D eigenvalue weighted by Crippen LogP contribution is -2.04. The van der Waals surface area contributed by atoms with Crippen molar-refractivity contribution < 1.29 is 0 Å². The number of anilines is 1. The molecule has 0 fully saturated rings. The van der Waals surface area contributed by atoms with Gasteiger partial charge in [-0.05, 0) is 25.5 Å². The summed E-state index contributed by atoms with van der Waals surface area (Å²) in [5.74, 6) is 1.53. The molecule has 0 aliphatic carbocycles. The fourth-order valence-corrected chi connectivity index (χ4v) is 2.13. The Hall–Kier alpha value is -1.61. The van der Waals surface area contributed by atoms with E-state index in [1.807, 2.05) is 38.2 Å². The van der Waals surface area contributed by atoms with Crippen molar-refractivity contribution in [1.82, 2.24) is 9.97 Å². The van der Waals surface area contributed by atoms with Gasteiger partial charge in [-0.3, -0.25) is 0 Å². The van der Waals surface area contributed by atoms with Gasteiger partial charge in [0.05, 0.1) is 5.02 Å². The van der Waals surface area contributed by atoms with Crippen LogP contribution < -0.4 is 5.32 Å². The predicted molar refractivity (Wildman–Crippen MR) is 76.1 cm³/mol. The van der Waals surface area contributed by atoms with Crippen molar-refractivity contribution in [3.63, 3.8) is 0 Å². The summed E-state index contributed by atoms with van der Waals surface area (Å²) in [6.45, 7) is 4.12. The lowest BCUT2D eigenvalue weighted by Gasteiger charge is -2.11. The second-order valence-corrected chi connectivity index (χ2v) is 4.46. The Kier molecular flexibility index (Phi) is 3.82. The number of nitrogens with zero attached hydrogens (tertiary/aromatic N) is 2. The van der Waals surface area contributed by atoms with Gasteiger partial charge in [0.2, 0.25) is 0 Å². The Labute approximate surface area is 112 Å². The molecule has 1 heterocycles. The molecule has 0 aliphatic rings. The van der Waals surface area contributed by atoms with Crippen LogP contribution in [0.1, 0.15) is 18.2 Å². The molecule has 4 heteroatoms. The fraction of sp³-hybridized carbons (Fsp3) is 0.286. The second kappa shape index (κ2) is 5.36. The number of rotatable bonds is 3. The Morgan fingerprint density at radius 3 is 2.56 bits per heavy atom. The van der Waals surface area contributed by atoms with E-state index in [4.69, 9.17) is 11.6 Å². The van der Waals surface area contributed by atoms with Gasteiger partial charge in [0.25, 0.3) is 0 Å². The van der Waals surface area contributed by atoms with Crippen molar-refractivity contribution in [2.45, 2.75) is 20.3 Å². The van der Waals surface area contributed by atoms with Crippen molar-refractivity contribution in [2.75, 3.05) is 12.4 Å². The second-order valence-electron chi connectivity index (χ2n) is 4.05. The van der Waals surface area contributed by atoms with E-state index in [9.17, 15) is 0 Å². The average molecular weight is 262 g/mol. The van der Waals surface area contributed by atoms with Gasteiger partial charge in [-0.15, -0.1) is 0 Å². The Bertz CT molecular complexity index is 542. The first kappa shape index (κ1) is 12.8. The van der Waals surface area contributed by atoms with Crippen molar-refractivity contribution in [2.24, 2.45) is 0 Å². The normalized spacial score (nSPS) is 10.4. The molecule has 0 bridgehead atoms. The summed E-state index contributed by atoms with van der Waals surface area (Å²) in [7, 11) is 1.87. The lowest BCUT2D eigenvalue weighted by atomic mass is 10.1. The maximum Gasteiger partial charge on any atom is 0.163 e. The van der Waals surface area contributed by atoms with Crippen LogP contribution in [0.3, 0.4) is 0 Å². The molecule has 2 aromatic rings.